The first-order valence-electron chi connectivity index (χ1n) is 0.908. The number of hydrogen-bond donors (Lipinski definition) is 2. The summed E-state index contributed by atoms with van der Waals surface area (Å²) in [7, 11) is 0. The van der Waals surface area contributed by atoms with Crippen LogP contribution in [0.3, 0.4) is 0 Å². The monoisotopic (exact) mass is 280 g/mol. The Labute approximate surface area is 79.3 Å². The number of isocyanates is 2. The van der Waals surface area contributed by atoms with E-state index < -0.39 is 0 Å². The van der Waals surface area contributed by atoms with Crippen molar-refractivity contribution in [1.29, 1.82) is 10.8 Å². The molecule has 0 aromatic rings. The van der Waals surface area contributed by atoms with Crippen LogP contribution >= 0.6 is 22.3 Å². The van der Waals surface area contributed by atoms with Crippen molar-refractivity contribution in [2.75, 3.05) is 0 Å². The first kappa shape index (κ1) is 34.7. The van der Waals surface area contributed by atoms with E-state index in [9.17, 15) is 0 Å². The summed E-state index contributed by atoms with van der Waals surface area (Å²) in [6, 6.07) is 0. The molecule has 0 saturated heterocycles. The van der Waals surface area contributed by atoms with Gasteiger partial charge in [-0.05, 0) is 0 Å². The number of hydrogen-bond acceptors (Lipinski definition) is 4. The van der Waals surface area contributed by atoms with E-state index in [4.69, 9.17) is 20.4 Å². The standard InChI is InChI=1S/2CHNO.ClH.H3P.Sb.3H/c2*2-1-3;;;;;;/h2*2H;1H;1H3;;;;. The summed E-state index contributed by atoms with van der Waals surface area (Å²) in [6.07, 6.45) is 1.50. The maximum atomic E-state index is 8.35. The molecular weight excluding hydrogens is 272 g/mol. The molecule has 9 heavy (non-hydrogen) atoms. The Morgan fingerprint density at radius 3 is 1.00 bits per heavy atom. The van der Waals surface area contributed by atoms with Crippen molar-refractivity contribution in [3.63, 3.8) is 0 Å². The SMILES string of the molecule is Cl.N=C=O.N=C=O.P.[SbH3]. The van der Waals surface area contributed by atoms with Crippen molar-refractivity contribution in [2.24, 2.45) is 0 Å². The molecule has 0 aliphatic heterocycles. The summed E-state index contributed by atoms with van der Waals surface area (Å²) >= 11 is 0. The molecule has 0 fully saturated rings. The number of carbonyl (C=O) groups excluding carboxylic acids is 2. The molecule has 56 valence electrons. The van der Waals surface area contributed by atoms with Crippen LogP contribution in [0.15, 0.2) is 0 Å². The maximum absolute atomic E-state index is 8.35. The van der Waals surface area contributed by atoms with E-state index in [1.54, 1.807) is 0 Å². The Morgan fingerprint density at radius 2 is 1.00 bits per heavy atom. The fourth-order valence-corrected chi connectivity index (χ4v) is 0. The predicted octanol–water partition coefficient (Wildman–Crippen LogP) is -0.902. The van der Waals surface area contributed by atoms with Gasteiger partial charge in [-0.3, -0.25) is 0 Å². The molecule has 0 aliphatic carbocycles. The predicted molar refractivity (Wildman–Crippen MR) is 45.1 cm³/mol. The summed E-state index contributed by atoms with van der Waals surface area (Å²) in [5, 5.41) is 10.8. The van der Waals surface area contributed by atoms with E-state index >= 15 is 0 Å². The molecular formula is C2H9ClN2O2PSb. The van der Waals surface area contributed by atoms with Crippen LogP contribution in [0.5, 0.6) is 0 Å². The molecule has 0 rings (SSSR count). The van der Waals surface area contributed by atoms with Gasteiger partial charge in [-0.15, -0.1) is 12.4 Å². The summed E-state index contributed by atoms with van der Waals surface area (Å²) < 4.78 is 0. The van der Waals surface area contributed by atoms with Crippen molar-refractivity contribution < 1.29 is 9.59 Å². The molecule has 0 aromatic carbocycles. The van der Waals surface area contributed by atoms with Gasteiger partial charge in [0.1, 0.15) is 0 Å². The van der Waals surface area contributed by atoms with Crippen LogP contribution < -0.4 is 0 Å². The average molecular weight is 281 g/mol. The van der Waals surface area contributed by atoms with Gasteiger partial charge in [0.2, 0.25) is 12.2 Å². The Kier molecular flexibility index (Phi) is 322. The van der Waals surface area contributed by atoms with Crippen LogP contribution in [0, 0.1) is 10.8 Å². The molecule has 0 bridgehead atoms. The number of rotatable bonds is 0. The van der Waals surface area contributed by atoms with Crippen LogP contribution in [-0.2, 0) is 9.59 Å². The molecule has 0 saturated carbocycles. The second-order valence-electron chi connectivity index (χ2n) is 0.204. The van der Waals surface area contributed by atoms with Crippen LogP contribution in [0.2, 0.25) is 0 Å². The molecule has 1 unspecified atom stereocenters. The van der Waals surface area contributed by atoms with Gasteiger partial charge in [-0.2, -0.15) is 9.90 Å². The van der Waals surface area contributed by atoms with E-state index in [-0.39, 0.29) is 46.7 Å². The Bertz CT molecular complexity index is 76.6. The quantitative estimate of drug-likeness (QED) is 0.261. The van der Waals surface area contributed by atoms with Gasteiger partial charge in [0.05, 0.1) is 0 Å². The van der Waals surface area contributed by atoms with Crippen LogP contribution in [0.4, 0.5) is 0 Å². The van der Waals surface area contributed by atoms with Crippen molar-refractivity contribution in [2.45, 2.75) is 0 Å². The third kappa shape index (κ3) is 3700. The normalized spacial score (nSPS) is 1.78. The summed E-state index contributed by atoms with van der Waals surface area (Å²) in [6.45, 7) is 0. The van der Waals surface area contributed by atoms with E-state index in [2.05, 4.69) is 0 Å². The molecule has 0 radical (unpaired) electrons. The minimum atomic E-state index is 0. The van der Waals surface area contributed by atoms with Gasteiger partial charge < -0.3 is 0 Å². The zero-order chi connectivity index (χ0) is 5.41. The van der Waals surface area contributed by atoms with Gasteiger partial charge in [-0.1, -0.05) is 0 Å². The Morgan fingerprint density at radius 1 is 1.00 bits per heavy atom. The third-order valence-electron chi connectivity index (χ3n) is 0. The van der Waals surface area contributed by atoms with Gasteiger partial charge in [0.15, 0.2) is 0 Å². The van der Waals surface area contributed by atoms with Crippen LogP contribution in [0.1, 0.15) is 0 Å². The molecule has 7 heteroatoms. The Balaban J connectivity index is -0.00000000889. The molecule has 1 atom stereocenters. The molecule has 2 N–H and O–H groups in total. The van der Waals surface area contributed by atoms with Crippen molar-refractivity contribution >= 4 is 58.9 Å². The number of nitrogens with one attached hydrogen (secondary N) is 2. The van der Waals surface area contributed by atoms with Gasteiger partial charge >= 0.3 is 24.4 Å². The van der Waals surface area contributed by atoms with E-state index in [0.29, 0.717) is 0 Å². The molecule has 0 heterocycles. The van der Waals surface area contributed by atoms with E-state index in [1.165, 1.54) is 0 Å². The van der Waals surface area contributed by atoms with Gasteiger partial charge in [-0.25, -0.2) is 20.4 Å². The summed E-state index contributed by atoms with van der Waals surface area (Å²) in [4.78, 5) is 16.7. The zero-order valence-corrected chi connectivity index (χ0v) is 10.9. The third-order valence-corrected chi connectivity index (χ3v) is 0. The summed E-state index contributed by atoms with van der Waals surface area (Å²) in [5.74, 6) is 0. The second kappa shape index (κ2) is 83.7. The molecule has 0 aliphatic rings. The fourth-order valence-electron chi connectivity index (χ4n) is 0. The first-order chi connectivity index (χ1) is 2.83. The van der Waals surface area contributed by atoms with Gasteiger partial charge in [0.25, 0.3) is 0 Å². The molecule has 4 nitrogen and oxygen atoms in total. The van der Waals surface area contributed by atoms with Crippen LogP contribution in [0.25, 0.3) is 0 Å². The zero-order valence-electron chi connectivity index (χ0n) is 4.64. The fraction of sp³-hybridized carbons (Fsp3) is 0. The van der Waals surface area contributed by atoms with Crippen molar-refractivity contribution in [1.82, 2.24) is 0 Å². The minimum absolute atomic E-state index is 0. The molecule has 0 amide bonds. The Hall–Kier alpha value is 0.298. The van der Waals surface area contributed by atoms with E-state index in [1.807, 2.05) is 0 Å². The average Bonchev–Trinajstić information content (AvgIpc) is 1.39. The van der Waals surface area contributed by atoms with Crippen molar-refractivity contribution in [3.05, 3.63) is 0 Å². The molecule has 0 spiro atoms. The number of halogens is 1. The van der Waals surface area contributed by atoms with Gasteiger partial charge in [0, 0.05) is 0 Å². The second-order valence-corrected chi connectivity index (χ2v) is 0.204. The van der Waals surface area contributed by atoms with Crippen LogP contribution in [-0.4, -0.2) is 36.6 Å². The van der Waals surface area contributed by atoms with Crippen molar-refractivity contribution in [3.8, 4) is 0 Å². The first-order valence-corrected chi connectivity index (χ1v) is 0.908. The molecule has 0 aromatic heterocycles. The summed E-state index contributed by atoms with van der Waals surface area (Å²) in [5.41, 5.74) is 0. The van der Waals surface area contributed by atoms with E-state index in [0.717, 1.165) is 12.2 Å². The topological polar surface area (TPSA) is 81.8 Å².